The second kappa shape index (κ2) is 5.40. The van der Waals surface area contributed by atoms with E-state index >= 15 is 0 Å². The third kappa shape index (κ3) is 3.28. The van der Waals surface area contributed by atoms with Crippen LogP contribution in [0.5, 0.6) is 0 Å². The van der Waals surface area contributed by atoms with Crippen molar-refractivity contribution in [1.82, 2.24) is 10.2 Å². The molecule has 2 rings (SSSR count). The van der Waals surface area contributed by atoms with Gasteiger partial charge in [-0.2, -0.15) is 0 Å². The standard InChI is InChI=1S/C13H24N2O3S/c1-11(19(2,17)18)12(16)15-8-4-6-13(10-15)5-3-7-14-9-13/h11,14H,3-10H2,1-2H3. The first-order chi connectivity index (χ1) is 8.84. The van der Waals surface area contributed by atoms with E-state index in [2.05, 4.69) is 5.32 Å². The molecule has 110 valence electrons. The monoisotopic (exact) mass is 288 g/mol. The van der Waals surface area contributed by atoms with Crippen LogP contribution in [0.1, 0.15) is 32.6 Å². The number of amides is 1. The van der Waals surface area contributed by atoms with Crippen LogP contribution >= 0.6 is 0 Å². The summed E-state index contributed by atoms with van der Waals surface area (Å²) in [6.07, 6.45) is 5.53. The van der Waals surface area contributed by atoms with Crippen molar-refractivity contribution in [3.63, 3.8) is 0 Å². The molecule has 0 bridgehead atoms. The maximum atomic E-state index is 12.3. The summed E-state index contributed by atoms with van der Waals surface area (Å²) in [4.78, 5) is 14.1. The predicted molar refractivity (Wildman–Crippen MR) is 74.7 cm³/mol. The molecule has 0 aliphatic carbocycles. The van der Waals surface area contributed by atoms with Crippen molar-refractivity contribution in [1.29, 1.82) is 0 Å². The van der Waals surface area contributed by atoms with Crippen molar-refractivity contribution < 1.29 is 13.2 Å². The average Bonchev–Trinajstić information content (AvgIpc) is 2.37. The van der Waals surface area contributed by atoms with Gasteiger partial charge in [0.05, 0.1) is 0 Å². The molecule has 0 aromatic heterocycles. The Balaban J connectivity index is 2.07. The molecule has 2 fully saturated rings. The smallest absolute Gasteiger partial charge is 0.240 e. The van der Waals surface area contributed by atoms with Crippen LogP contribution < -0.4 is 5.32 Å². The Morgan fingerprint density at radius 2 is 2.00 bits per heavy atom. The normalized spacial score (nSPS) is 30.3. The van der Waals surface area contributed by atoms with E-state index < -0.39 is 15.1 Å². The summed E-state index contributed by atoms with van der Waals surface area (Å²) in [6, 6.07) is 0. The van der Waals surface area contributed by atoms with Gasteiger partial charge in [0.15, 0.2) is 9.84 Å². The summed E-state index contributed by atoms with van der Waals surface area (Å²) >= 11 is 0. The SMILES string of the molecule is CC(C(=O)N1CCCC2(CCCNC2)C1)S(C)(=O)=O. The fourth-order valence-corrected chi connectivity index (χ4v) is 3.73. The molecule has 1 spiro atoms. The van der Waals surface area contributed by atoms with Gasteiger partial charge < -0.3 is 10.2 Å². The summed E-state index contributed by atoms with van der Waals surface area (Å²) in [5.74, 6) is -0.229. The summed E-state index contributed by atoms with van der Waals surface area (Å²) in [7, 11) is -3.30. The zero-order valence-electron chi connectivity index (χ0n) is 11.8. The lowest BCUT2D eigenvalue weighted by Gasteiger charge is -2.45. The number of carbonyl (C=O) groups is 1. The molecule has 19 heavy (non-hydrogen) atoms. The molecule has 0 aromatic carbocycles. The van der Waals surface area contributed by atoms with Gasteiger partial charge in [-0.1, -0.05) is 0 Å². The van der Waals surface area contributed by atoms with E-state index in [1.165, 1.54) is 6.92 Å². The highest BCUT2D eigenvalue weighted by atomic mass is 32.2. The Labute approximate surface area is 115 Å². The Hall–Kier alpha value is -0.620. The van der Waals surface area contributed by atoms with Gasteiger partial charge in [-0.15, -0.1) is 0 Å². The van der Waals surface area contributed by atoms with Crippen molar-refractivity contribution in [2.24, 2.45) is 5.41 Å². The van der Waals surface area contributed by atoms with E-state index in [1.807, 2.05) is 0 Å². The summed E-state index contributed by atoms with van der Waals surface area (Å²) in [5, 5.41) is 2.49. The van der Waals surface area contributed by atoms with Crippen molar-refractivity contribution >= 4 is 15.7 Å². The lowest BCUT2D eigenvalue weighted by Crippen LogP contribution is -2.54. The van der Waals surface area contributed by atoms with E-state index in [1.54, 1.807) is 4.90 Å². The molecule has 0 saturated carbocycles. The van der Waals surface area contributed by atoms with Crippen LogP contribution in [0.25, 0.3) is 0 Å². The van der Waals surface area contributed by atoms with Crippen molar-refractivity contribution in [2.75, 3.05) is 32.4 Å². The van der Waals surface area contributed by atoms with E-state index in [9.17, 15) is 13.2 Å². The summed E-state index contributed by atoms with van der Waals surface area (Å²) in [6.45, 7) is 4.90. The van der Waals surface area contributed by atoms with Gasteiger partial charge in [-0.05, 0) is 39.2 Å². The van der Waals surface area contributed by atoms with Crippen molar-refractivity contribution in [3.8, 4) is 0 Å². The summed E-state index contributed by atoms with van der Waals surface area (Å²) < 4.78 is 23.0. The molecule has 5 nitrogen and oxygen atoms in total. The first-order valence-corrected chi connectivity index (χ1v) is 8.98. The maximum absolute atomic E-state index is 12.3. The molecule has 6 heteroatoms. The molecule has 0 aromatic rings. The van der Waals surface area contributed by atoms with E-state index in [-0.39, 0.29) is 11.3 Å². The van der Waals surface area contributed by atoms with Crippen molar-refractivity contribution in [3.05, 3.63) is 0 Å². The molecule has 2 aliphatic rings. The number of likely N-dealkylation sites (tertiary alicyclic amines) is 1. The summed E-state index contributed by atoms with van der Waals surface area (Å²) in [5.41, 5.74) is 0.170. The van der Waals surface area contributed by atoms with Gasteiger partial charge in [0.2, 0.25) is 5.91 Å². The number of piperidine rings is 2. The first kappa shape index (κ1) is 14.8. The minimum Gasteiger partial charge on any atom is -0.341 e. The first-order valence-electron chi connectivity index (χ1n) is 7.02. The number of carbonyl (C=O) groups excluding carboxylic acids is 1. The molecule has 2 heterocycles. The van der Waals surface area contributed by atoms with E-state index in [4.69, 9.17) is 0 Å². The highest BCUT2D eigenvalue weighted by Crippen LogP contribution is 2.36. The second-order valence-corrected chi connectivity index (χ2v) is 8.48. The van der Waals surface area contributed by atoms with Gasteiger partial charge in [0.1, 0.15) is 5.25 Å². The van der Waals surface area contributed by atoms with Gasteiger partial charge in [-0.25, -0.2) is 8.42 Å². The van der Waals surface area contributed by atoms with E-state index in [0.29, 0.717) is 13.1 Å². The molecular formula is C13H24N2O3S. The van der Waals surface area contributed by atoms with Gasteiger partial charge >= 0.3 is 0 Å². The molecule has 0 radical (unpaired) electrons. The van der Waals surface area contributed by atoms with Gasteiger partial charge in [-0.3, -0.25) is 4.79 Å². The topological polar surface area (TPSA) is 66.5 Å². The van der Waals surface area contributed by atoms with Crippen molar-refractivity contribution in [2.45, 2.75) is 37.9 Å². The highest BCUT2D eigenvalue weighted by molar-refractivity contribution is 7.92. The zero-order valence-corrected chi connectivity index (χ0v) is 12.6. The molecule has 1 amide bonds. The maximum Gasteiger partial charge on any atom is 0.240 e. The Bertz CT molecular complexity index is 435. The minimum absolute atomic E-state index is 0.170. The molecule has 2 saturated heterocycles. The number of sulfone groups is 1. The van der Waals surface area contributed by atoms with Gasteiger partial charge in [0.25, 0.3) is 0 Å². The fraction of sp³-hybridized carbons (Fsp3) is 0.923. The largest absolute Gasteiger partial charge is 0.341 e. The molecule has 2 atom stereocenters. The highest BCUT2D eigenvalue weighted by Gasteiger charge is 2.40. The Morgan fingerprint density at radius 3 is 2.58 bits per heavy atom. The molecule has 2 unspecified atom stereocenters. The van der Waals surface area contributed by atoms with Crippen LogP contribution in [0.3, 0.4) is 0 Å². The number of hydrogen-bond acceptors (Lipinski definition) is 4. The predicted octanol–water partition coefficient (Wildman–Crippen LogP) is 0.412. The zero-order chi connectivity index (χ0) is 14.1. The van der Waals surface area contributed by atoms with Crippen LogP contribution in [0.2, 0.25) is 0 Å². The Kier molecular flexibility index (Phi) is 4.20. The molecular weight excluding hydrogens is 264 g/mol. The number of nitrogens with one attached hydrogen (secondary N) is 1. The number of nitrogens with zero attached hydrogens (tertiary/aromatic N) is 1. The van der Waals surface area contributed by atoms with Crippen LogP contribution in [0.15, 0.2) is 0 Å². The van der Waals surface area contributed by atoms with Crippen LogP contribution in [-0.2, 0) is 14.6 Å². The number of rotatable bonds is 2. The Morgan fingerprint density at radius 1 is 1.32 bits per heavy atom. The van der Waals surface area contributed by atoms with Crippen LogP contribution in [-0.4, -0.2) is 56.9 Å². The van der Waals surface area contributed by atoms with Crippen LogP contribution in [0, 0.1) is 5.41 Å². The quantitative estimate of drug-likeness (QED) is 0.799. The van der Waals surface area contributed by atoms with E-state index in [0.717, 1.165) is 45.0 Å². The number of hydrogen-bond donors (Lipinski definition) is 1. The third-order valence-electron chi connectivity index (χ3n) is 4.52. The lowest BCUT2D eigenvalue weighted by atomic mass is 9.74. The third-order valence-corrected chi connectivity index (χ3v) is 6.01. The fourth-order valence-electron chi connectivity index (χ4n) is 3.21. The minimum atomic E-state index is -3.30. The lowest BCUT2D eigenvalue weighted by molar-refractivity contribution is -0.134. The second-order valence-electron chi connectivity index (χ2n) is 6.12. The molecule has 1 N–H and O–H groups in total. The van der Waals surface area contributed by atoms with Gasteiger partial charge in [0, 0.05) is 31.3 Å². The van der Waals surface area contributed by atoms with Crippen LogP contribution in [0.4, 0.5) is 0 Å². The average molecular weight is 288 g/mol. The molecule has 2 aliphatic heterocycles.